The van der Waals surface area contributed by atoms with Gasteiger partial charge in [0.15, 0.2) is 0 Å². The summed E-state index contributed by atoms with van der Waals surface area (Å²) in [7, 11) is 0. The highest BCUT2D eigenvalue weighted by atomic mass is 16.6. The molecule has 0 N–H and O–H groups in total. The molecule has 5 heteroatoms. The molecule has 0 amide bonds. The van der Waals surface area contributed by atoms with Crippen LogP contribution in [0.5, 0.6) is 5.75 Å². The Hall–Kier alpha value is -2.95. The van der Waals surface area contributed by atoms with E-state index in [1.165, 1.54) is 6.07 Å². The molecule has 0 saturated heterocycles. The largest absolute Gasteiger partial charge is 0.489 e. The lowest BCUT2D eigenvalue weighted by atomic mass is 10.1. The number of hydrogen-bond acceptors (Lipinski definition) is 5. The molecule has 0 heterocycles. The van der Waals surface area contributed by atoms with Crippen LogP contribution in [0.15, 0.2) is 48.5 Å². The third-order valence-corrected chi connectivity index (χ3v) is 3.95. The molecule has 2 aromatic carbocycles. The topological polar surface area (TPSA) is 69.7 Å². The van der Waals surface area contributed by atoms with Crippen LogP contribution >= 0.6 is 0 Å². The van der Waals surface area contributed by atoms with Gasteiger partial charge in [-0.15, -0.1) is 0 Å². The molecule has 0 aromatic heterocycles. The standard InChI is InChI=1S/C20H18O5/c1-12(2)20(23)25-19-17(21)15-9-8-14(10-16(15)18(19)22)24-11-13-6-4-3-5-7-13/h3-10,12,19H,11H2,1-2H3. The molecule has 1 aliphatic carbocycles. The monoisotopic (exact) mass is 338 g/mol. The molecule has 2 aromatic rings. The van der Waals surface area contributed by atoms with Crippen LogP contribution in [0.3, 0.4) is 0 Å². The van der Waals surface area contributed by atoms with Gasteiger partial charge in [0.05, 0.1) is 5.92 Å². The molecule has 0 saturated carbocycles. The van der Waals surface area contributed by atoms with E-state index in [1.807, 2.05) is 30.3 Å². The van der Waals surface area contributed by atoms with E-state index < -0.39 is 29.6 Å². The highest BCUT2D eigenvalue weighted by Gasteiger charge is 2.42. The summed E-state index contributed by atoms with van der Waals surface area (Å²) in [6.07, 6.45) is -1.38. The zero-order chi connectivity index (χ0) is 18.0. The number of rotatable bonds is 5. The highest BCUT2D eigenvalue weighted by Crippen LogP contribution is 2.29. The molecule has 5 nitrogen and oxygen atoms in total. The second-order valence-corrected chi connectivity index (χ2v) is 6.18. The average molecular weight is 338 g/mol. The van der Waals surface area contributed by atoms with Crippen molar-refractivity contribution in [2.45, 2.75) is 26.6 Å². The summed E-state index contributed by atoms with van der Waals surface area (Å²) in [5.74, 6) is -1.48. The Kier molecular flexibility index (Phi) is 4.65. The number of carbonyl (C=O) groups is 3. The van der Waals surface area contributed by atoms with Gasteiger partial charge in [-0.3, -0.25) is 14.4 Å². The molecule has 0 radical (unpaired) electrons. The maximum Gasteiger partial charge on any atom is 0.309 e. The van der Waals surface area contributed by atoms with E-state index in [0.717, 1.165) is 5.56 Å². The predicted molar refractivity (Wildman–Crippen MR) is 90.6 cm³/mol. The van der Waals surface area contributed by atoms with Gasteiger partial charge in [-0.25, -0.2) is 0 Å². The fraction of sp³-hybridized carbons (Fsp3) is 0.250. The normalized spacial score (nSPS) is 16.0. The van der Waals surface area contributed by atoms with E-state index in [4.69, 9.17) is 9.47 Å². The minimum atomic E-state index is -1.38. The molecule has 0 bridgehead atoms. The molecule has 1 unspecified atom stereocenters. The smallest absolute Gasteiger partial charge is 0.309 e. The van der Waals surface area contributed by atoms with Crippen LogP contribution in [0.2, 0.25) is 0 Å². The molecule has 1 atom stereocenters. The van der Waals surface area contributed by atoms with Crippen LogP contribution in [-0.4, -0.2) is 23.6 Å². The molecule has 0 aliphatic heterocycles. The highest BCUT2D eigenvalue weighted by molar-refractivity contribution is 6.29. The minimum Gasteiger partial charge on any atom is -0.489 e. The number of hydrogen-bond donors (Lipinski definition) is 0. The number of carbonyl (C=O) groups excluding carboxylic acids is 3. The molecule has 128 valence electrons. The third kappa shape index (κ3) is 3.45. The van der Waals surface area contributed by atoms with Crippen molar-refractivity contribution in [1.82, 2.24) is 0 Å². The fourth-order valence-corrected chi connectivity index (χ4v) is 2.53. The van der Waals surface area contributed by atoms with E-state index in [2.05, 4.69) is 0 Å². The molecule has 0 spiro atoms. The maximum absolute atomic E-state index is 12.4. The van der Waals surface area contributed by atoms with Crippen molar-refractivity contribution >= 4 is 17.5 Å². The van der Waals surface area contributed by atoms with E-state index in [-0.39, 0.29) is 11.1 Å². The lowest BCUT2D eigenvalue weighted by Gasteiger charge is -2.10. The van der Waals surface area contributed by atoms with Gasteiger partial charge >= 0.3 is 5.97 Å². The number of fused-ring (bicyclic) bond motifs is 1. The van der Waals surface area contributed by atoms with Crippen LogP contribution in [0.1, 0.15) is 40.1 Å². The van der Waals surface area contributed by atoms with E-state index in [1.54, 1.807) is 26.0 Å². The summed E-state index contributed by atoms with van der Waals surface area (Å²) in [5, 5.41) is 0. The molecule has 0 fully saturated rings. The summed E-state index contributed by atoms with van der Waals surface area (Å²) < 4.78 is 10.8. The number of Topliss-reactive ketones (excluding diaryl/α,β-unsaturated/α-hetero) is 2. The Morgan fingerprint density at radius 3 is 2.36 bits per heavy atom. The van der Waals surface area contributed by atoms with E-state index >= 15 is 0 Å². The summed E-state index contributed by atoms with van der Waals surface area (Å²) in [6, 6.07) is 14.3. The molecular formula is C20H18O5. The van der Waals surface area contributed by atoms with E-state index in [0.29, 0.717) is 12.4 Å². The van der Waals surface area contributed by atoms with Crippen LogP contribution in [0.4, 0.5) is 0 Å². The minimum absolute atomic E-state index is 0.233. The SMILES string of the molecule is CC(C)C(=O)OC1C(=O)c2ccc(OCc3ccccc3)cc2C1=O. The van der Waals surface area contributed by atoms with Crippen molar-refractivity contribution in [3.8, 4) is 5.75 Å². The zero-order valence-electron chi connectivity index (χ0n) is 14.0. The molecule has 25 heavy (non-hydrogen) atoms. The summed E-state index contributed by atoms with van der Waals surface area (Å²) >= 11 is 0. The van der Waals surface area contributed by atoms with Gasteiger partial charge in [0.1, 0.15) is 12.4 Å². The van der Waals surface area contributed by atoms with Crippen molar-refractivity contribution in [3.63, 3.8) is 0 Å². The quantitative estimate of drug-likeness (QED) is 0.618. The second kappa shape index (κ2) is 6.89. The Morgan fingerprint density at radius 2 is 1.68 bits per heavy atom. The second-order valence-electron chi connectivity index (χ2n) is 6.18. The summed E-state index contributed by atoms with van der Waals surface area (Å²) in [5.41, 5.74) is 1.49. The first-order valence-electron chi connectivity index (χ1n) is 8.07. The van der Waals surface area contributed by atoms with Gasteiger partial charge in [0.25, 0.3) is 0 Å². The molecular weight excluding hydrogens is 320 g/mol. The van der Waals surface area contributed by atoms with Crippen LogP contribution in [0, 0.1) is 5.92 Å². The number of esters is 1. The van der Waals surface area contributed by atoms with Gasteiger partial charge < -0.3 is 9.47 Å². The van der Waals surface area contributed by atoms with Crippen molar-refractivity contribution in [2.75, 3.05) is 0 Å². The number of ether oxygens (including phenoxy) is 2. The fourth-order valence-electron chi connectivity index (χ4n) is 2.53. The van der Waals surface area contributed by atoms with Gasteiger partial charge in [-0.2, -0.15) is 0 Å². The van der Waals surface area contributed by atoms with Crippen LogP contribution < -0.4 is 4.74 Å². The van der Waals surface area contributed by atoms with Crippen LogP contribution in [-0.2, 0) is 16.1 Å². The number of benzene rings is 2. The zero-order valence-corrected chi connectivity index (χ0v) is 14.0. The Labute approximate surface area is 145 Å². The van der Waals surface area contributed by atoms with Crippen LogP contribution in [0.25, 0.3) is 0 Å². The predicted octanol–water partition coefficient (Wildman–Crippen LogP) is 3.21. The van der Waals surface area contributed by atoms with Crippen molar-refractivity contribution in [2.24, 2.45) is 5.92 Å². The van der Waals surface area contributed by atoms with Gasteiger partial charge in [-0.1, -0.05) is 44.2 Å². The van der Waals surface area contributed by atoms with Gasteiger partial charge in [-0.05, 0) is 23.8 Å². The first-order valence-corrected chi connectivity index (χ1v) is 8.07. The Bertz CT molecular complexity index is 823. The first-order chi connectivity index (χ1) is 12.0. The lowest BCUT2D eigenvalue weighted by molar-refractivity contribution is -0.148. The summed E-state index contributed by atoms with van der Waals surface area (Å²) in [6.45, 7) is 3.65. The van der Waals surface area contributed by atoms with Crippen molar-refractivity contribution in [3.05, 3.63) is 65.2 Å². The molecule has 3 rings (SSSR count). The van der Waals surface area contributed by atoms with Gasteiger partial charge in [0, 0.05) is 11.1 Å². The van der Waals surface area contributed by atoms with Gasteiger partial charge in [0.2, 0.25) is 17.7 Å². The average Bonchev–Trinajstić information content (AvgIpc) is 2.85. The number of ketones is 2. The van der Waals surface area contributed by atoms with Crippen molar-refractivity contribution < 1.29 is 23.9 Å². The Morgan fingerprint density at radius 1 is 1.00 bits per heavy atom. The first kappa shape index (κ1) is 16.9. The maximum atomic E-state index is 12.4. The Balaban J connectivity index is 1.76. The molecule has 1 aliphatic rings. The third-order valence-electron chi connectivity index (χ3n) is 3.95. The van der Waals surface area contributed by atoms with Crippen molar-refractivity contribution in [1.29, 1.82) is 0 Å². The van der Waals surface area contributed by atoms with E-state index in [9.17, 15) is 14.4 Å². The summed E-state index contributed by atoms with van der Waals surface area (Å²) in [4.78, 5) is 36.5. The lowest BCUT2D eigenvalue weighted by Crippen LogP contribution is -2.30.